The number of unbranched alkanes of at least 4 members (excludes halogenated alkanes) is 3. The zero-order chi connectivity index (χ0) is 13.1. The molecule has 0 aromatic carbocycles. The molecule has 0 aliphatic carbocycles. The first-order valence-corrected chi connectivity index (χ1v) is 8.34. The SMILES string of the molecule is CCCCCCC(C)OC[Si](OC)(OC)OC. The van der Waals surface area contributed by atoms with Crippen LogP contribution in [0.4, 0.5) is 0 Å². The van der Waals surface area contributed by atoms with Crippen LogP contribution in [0, 0.1) is 0 Å². The molecule has 0 aromatic heterocycles. The molecule has 1 atom stereocenters. The van der Waals surface area contributed by atoms with Gasteiger partial charge in [-0.3, -0.25) is 0 Å². The van der Waals surface area contributed by atoms with Gasteiger partial charge in [-0.2, -0.15) is 0 Å². The lowest BCUT2D eigenvalue weighted by molar-refractivity contribution is 0.0282. The molecule has 0 saturated heterocycles. The van der Waals surface area contributed by atoms with Gasteiger partial charge in [0.1, 0.15) is 6.23 Å². The number of ether oxygens (including phenoxy) is 1. The summed E-state index contributed by atoms with van der Waals surface area (Å²) in [7, 11) is 2.26. The molecule has 5 heteroatoms. The van der Waals surface area contributed by atoms with E-state index >= 15 is 0 Å². The van der Waals surface area contributed by atoms with Gasteiger partial charge in [0.15, 0.2) is 0 Å². The van der Waals surface area contributed by atoms with Gasteiger partial charge in [-0.15, -0.1) is 0 Å². The lowest BCUT2D eigenvalue weighted by Crippen LogP contribution is -2.48. The van der Waals surface area contributed by atoms with Crippen molar-refractivity contribution >= 4 is 8.80 Å². The fraction of sp³-hybridized carbons (Fsp3) is 1.00. The molecule has 1 unspecified atom stereocenters. The number of hydrogen-bond donors (Lipinski definition) is 0. The molecule has 0 fully saturated rings. The summed E-state index contributed by atoms with van der Waals surface area (Å²) in [5, 5.41) is 0. The van der Waals surface area contributed by atoms with E-state index in [9.17, 15) is 0 Å². The van der Waals surface area contributed by atoms with E-state index < -0.39 is 8.80 Å². The molecular weight excluding hydrogens is 236 g/mol. The predicted molar refractivity (Wildman–Crippen MR) is 71.0 cm³/mol. The van der Waals surface area contributed by atoms with Gasteiger partial charge < -0.3 is 18.0 Å². The molecule has 0 aliphatic rings. The summed E-state index contributed by atoms with van der Waals surface area (Å²) in [6.07, 6.45) is 6.82. The molecule has 0 rings (SSSR count). The first-order valence-electron chi connectivity index (χ1n) is 6.41. The maximum absolute atomic E-state index is 5.75. The Labute approximate surface area is 107 Å². The normalized spacial score (nSPS) is 13.9. The van der Waals surface area contributed by atoms with E-state index in [0.29, 0.717) is 6.23 Å². The summed E-state index contributed by atoms with van der Waals surface area (Å²) in [6.45, 7) is 4.31. The molecule has 0 saturated carbocycles. The molecule has 4 nitrogen and oxygen atoms in total. The van der Waals surface area contributed by atoms with E-state index in [1.54, 1.807) is 21.3 Å². The highest BCUT2D eigenvalue weighted by Gasteiger charge is 2.38. The van der Waals surface area contributed by atoms with Crippen molar-refractivity contribution in [1.82, 2.24) is 0 Å². The van der Waals surface area contributed by atoms with E-state index in [2.05, 4.69) is 13.8 Å². The smallest absolute Gasteiger partial charge is 0.375 e. The van der Waals surface area contributed by atoms with Gasteiger partial charge in [-0.25, -0.2) is 0 Å². The van der Waals surface area contributed by atoms with Crippen LogP contribution in [0.15, 0.2) is 0 Å². The molecule has 17 heavy (non-hydrogen) atoms. The summed E-state index contributed by atoms with van der Waals surface area (Å²) in [4.78, 5) is 0. The molecule has 0 radical (unpaired) electrons. The molecule has 0 aliphatic heterocycles. The van der Waals surface area contributed by atoms with E-state index in [4.69, 9.17) is 18.0 Å². The Morgan fingerprint density at radius 2 is 1.53 bits per heavy atom. The maximum atomic E-state index is 5.75. The third kappa shape index (κ3) is 7.16. The number of hydrogen-bond acceptors (Lipinski definition) is 4. The molecule has 0 bridgehead atoms. The van der Waals surface area contributed by atoms with Crippen LogP contribution in [-0.2, 0) is 18.0 Å². The summed E-state index contributed by atoms with van der Waals surface area (Å²) < 4.78 is 21.6. The van der Waals surface area contributed by atoms with E-state index in [-0.39, 0.29) is 6.10 Å². The Morgan fingerprint density at radius 1 is 0.941 bits per heavy atom. The quantitative estimate of drug-likeness (QED) is 0.425. The average molecular weight is 264 g/mol. The fourth-order valence-corrected chi connectivity index (χ4v) is 2.96. The Bertz CT molecular complexity index is 166. The highest BCUT2D eigenvalue weighted by Crippen LogP contribution is 2.12. The van der Waals surface area contributed by atoms with Crippen LogP contribution in [-0.4, -0.2) is 42.5 Å². The van der Waals surface area contributed by atoms with Crippen molar-refractivity contribution < 1.29 is 18.0 Å². The van der Waals surface area contributed by atoms with Gasteiger partial charge in [0, 0.05) is 21.3 Å². The molecule has 0 N–H and O–H groups in total. The Balaban J connectivity index is 3.76. The first-order chi connectivity index (χ1) is 8.14. The topological polar surface area (TPSA) is 36.9 Å². The summed E-state index contributed by atoms with van der Waals surface area (Å²) in [5.74, 6) is 0. The minimum Gasteiger partial charge on any atom is -0.375 e. The van der Waals surface area contributed by atoms with Crippen LogP contribution in [0.3, 0.4) is 0 Å². The summed E-state index contributed by atoms with van der Waals surface area (Å²) in [5.41, 5.74) is 0. The van der Waals surface area contributed by atoms with Gasteiger partial charge in [-0.1, -0.05) is 32.6 Å². The monoisotopic (exact) mass is 264 g/mol. The largest absolute Gasteiger partial charge is 0.527 e. The van der Waals surface area contributed by atoms with Crippen LogP contribution >= 0.6 is 0 Å². The highest BCUT2D eigenvalue weighted by molar-refractivity contribution is 6.60. The van der Waals surface area contributed by atoms with Crippen molar-refractivity contribution in [3.05, 3.63) is 0 Å². The lowest BCUT2D eigenvalue weighted by atomic mass is 10.1. The van der Waals surface area contributed by atoms with Gasteiger partial charge >= 0.3 is 8.80 Å². The van der Waals surface area contributed by atoms with E-state index in [1.165, 1.54) is 25.7 Å². The zero-order valence-electron chi connectivity index (χ0n) is 12.0. The Hall–Kier alpha value is 0.0569. The molecular formula is C12H28O4Si. The van der Waals surface area contributed by atoms with Crippen molar-refractivity contribution in [3.8, 4) is 0 Å². The van der Waals surface area contributed by atoms with Crippen molar-refractivity contribution in [1.29, 1.82) is 0 Å². The molecule has 0 heterocycles. The maximum Gasteiger partial charge on any atom is 0.527 e. The second-order valence-corrected chi connectivity index (χ2v) is 7.15. The van der Waals surface area contributed by atoms with Crippen LogP contribution < -0.4 is 0 Å². The van der Waals surface area contributed by atoms with Crippen molar-refractivity contribution in [2.75, 3.05) is 27.6 Å². The van der Waals surface area contributed by atoms with Crippen LogP contribution in [0.5, 0.6) is 0 Å². The Kier molecular flexibility index (Phi) is 10.1. The predicted octanol–water partition coefficient (Wildman–Crippen LogP) is 2.78. The summed E-state index contributed by atoms with van der Waals surface area (Å²) in [6, 6.07) is 0. The van der Waals surface area contributed by atoms with Gasteiger partial charge in [0.05, 0.1) is 6.10 Å². The van der Waals surface area contributed by atoms with Crippen molar-refractivity contribution in [2.24, 2.45) is 0 Å². The molecule has 0 aromatic rings. The second kappa shape index (κ2) is 10.0. The van der Waals surface area contributed by atoms with Crippen molar-refractivity contribution in [3.63, 3.8) is 0 Å². The standard InChI is InChI=1S/C12H28O4Si/c1-6-7-8-9-10-12(2)16-11-17(13-3,14-4)15-5/h12H,6-11H2,1-5H3. The zero-order valence-corrected chi connectivity index (χ0v) is 13.0. The van der Waals surface area contributed by atoms with E-state index in [1.807, 2.05) is 0 Å². The minimum absolute atomic E-state index is 0.235. The summed E-state index contributed by atoms with van der Waals surface area (Å²) >= 11 is 0. The minimum atomic E-state index is -2.56. The second-order valence-electron chi connectivity index (χ2n) is 4.27. The van der Waals surface area contributed by atoms with Crippen LogP contribution in [0.1, 0.15) is 46.0 Å². The van der Waals surface area contributed by atoms with E-state index in [0.717, 1.165) is 6.42 Å². The Morgan fingerprint density at radius 3 is 2.00 bits per heavy atom. The molecule has 0 spiro atoms. The highest BCUT2D eigenvalue weighted by atomic mass is 28.4. The fourth-order valence-electron chi connectivity index (χ4n) is 1.61. The third-order valence-corrected chi connectivity index (χ3v) is 5.33. The first kappa shape index (κ1) is 17.1. The lowest BCUT2D eigenvalue weighted by Gasteiger charge is -2.25. The van der Waals surface area contributed by atoms with Gasteiger partial charge in [0.25, 0.3) is 0 Å². The van der Waals surface area contributed by atoms with Gasteiger partial charge in [0.2, 0.25) is 0 Å². The third-order valence-electron chi connectivity index (χ3n) is 2.94. The molecule has 0 amide bonds. The van der Waals surface area contributed by atoms with Gasteiger partial charge in [-0.05, 0) is 13.3 Å². The van der Waals surface area contributed by atoms with Crippen molar-refractivity contribution in [2.45, 2.75) is 52.1 Å². The van der Waals surface area contributed by atoms with Crippen LogP contribution in [0.2, 0.25) is 0 Å². The average Bonchev–Trinajstić information content (AvgIpc) is 2.37. The van der Waals surface area contributed by atoms with Crippen LogP contribution in [0.25, 0.3) is 0 Å². The number of rotatable bonds is 11. The molecule has 104 valence electrons.